The van der Waals surface area contributed by atoms with Crippen molar-refractivity contribution < 1.29 is 0 Å². The molecule has 0 aromatic carbocycles. The maximum atomic E-state index is 6.04. The molecule has 0 aromatic heterocycles. The van der Waals surface area contributed by atoms with Crippen molar-refractivity contribution in [3.8, 4) is 0 Å². The molecule has 122 valence electrons. The predicted octanol–water partition coefficient (Wildman–Crippen LogP) is 2.30. The normalized spacial score (nSPS) is 23.7. The second-order valence-corrected chi connectivity index (χ2v) is 8.07. The highest BCUT2D eigenvalue weighted by molar-refractivity contribution is 7.99. The lowest BCUT2D eigenvalue weighted by atomic mass is 9.95. The van der Waals surface area contributed by atoms with Gasteiger partial charge in [-0.1, -0.05) is 26.7 Å². The molecule has 0 aromatic rings. The van der Waals surface area contributed by atoms with Crippen molar-refractivity contribution in [3.05, 3.63) is 0 Å². The Morgan fingerprint density at radius 2 is 1.95 bits per heavy atom. The Morgan fingerprint density at radius 1 is 1.29 bits per heavy atom. The van der Waals surface area contributed by atoms with Crippen molar-refractivity contribution in [1.29, 1.82) is 0 Å². The average molecular weight is 313 g/mol. The number of rotatable bonds is 6. The van der Waals surface area contributed by atoms with E-state index in [0.29, 0.717) is 17.4 Å². The summed E-state index contributed by atoms with van der Waals surface area (Å²) in [5.41, 5.74) is 6.34. The van der Waals surface area contributed by atoms with Crippen molar-refractivity contribution >= 4 is 17.7 Å². The molecule has 0 spiro atoms. The van der Waals surface area contributed by atoms with E-state index >= 15 is 0 Å². The summed E-state index contributed by atoms with van der Waals surface area (Å²) in [6.07, 6.45) is 6.42. The highest BCUT2D eigenvalue weighted by atomic mass is 32.2. The first-order valence-electron chi connectivity index (χ1n) is 8.49. The van der Waals surface area contributed by atoms with Crippen LogP contribution < -0.4 is 11.1 Å². The fourth-order valence-electron chi connectivity index (χ4n) is 3.42. The van der Waals surface area contributed by atoms with Crippen LogP contribution in [-0.4, -0.2) is 54.1 Å². The Labute approximate surface area is 134 Å². The number of guanidine groups is 1. The third kappa shape index (κ3) is 5.06. The van der Waals surface area contributed by atoms with Gasteiger partial charge in [0.1, 0.15) is 0 Å². The van der Waals surface area contributed by atoms with Crippen molar-refractivity contribution in [1.82, 2.24) is 10.2 Å². The van der Waals surface area contributed by atoms with Gasteiger partial charge >= 0.3 is 0 Å². The molecule has 0 atom stereocenters. The molecule has 3 N–H and O–H groups in total. The van der Waals surface area contributed by atoms with Crippen molar-refractivity contribution in [3.63, 3.8) is 0 Å². The van der Waals surface area contributed by atoms with E-state index in [-0.39, 0.29) is 0 Å². The zero-order chi connectivity index (χ0) is 15.1. The number of thioether (sulfide) groups is 1. The molecule has 1 saturated carbocycles. The second kappa shape index (κ2) is 8.28. The van der Waals surface area contributed by atoms with Gasteiger partial charge in [-0.05, 0) is 25.2 Å². The maximum absolute atomic E-state index is 6.04. The van der Waals surface area contributed by atoms with Crippen LogP contribution in [0.3, 0.4) is 0 Å². The minimum atomic E-state index is 0.297. The summed E-state index contributed by atoms with van der Waals surface area (Å²) in [5.74, 6) is 3.88. The topological polar surface area (TPSA) is 53.6 Å². The molecule has 0 bridgehead atoms. The summed E-state index contributed by atoms with van der Waals surface area (Å²) in [7, 11) is 0. The lowest BCUT2D eigenvalue weighted by Crippen LogP contribution is -2.53. The zero-order valence-electron chi connectivity index (χ0n) is 13.7. The fourth-order valence-corrected chi connectivity index (χ4v) is 4.33. The largest absolute Gasteiger partial charge is 0.370 e. The molecule has 0 radical (unpaired) electrons. The van der Waals surface area contributed by atoms with E-state index in [1.165, 1.54) is 50.3 Å². The zero-order valence-corrected chi connectivity index (χ0v) is 14.6. The molecule has 2 fully saturated rings. The SMILES string of the molecule is CC(C)CCNC(N)=NCC1(N2CCSCC2)CCCC1. The third-order valence-corrected chi connectivity index (χ3v) is 5.73. The molecular formula is C16H32N4S. The van der Waals surface area contributed by atoms with Gasteiger partial charge in [0.25, 0.3) is 0 Å². The number of nitrogens with zero attached hydrogens (tertiary/aromatic N) is 2. The predicted molar refractivity (Wildman–Crippen MR) is 94.0 cm³/mol. The first-order valence-corrected chi connectivity index (χ1v) is 9.64. The van der Waals surface area contributed by atoms with Crippen LogP contribution in [0.4, 0.5) is 0 Å². The summed E-state index contributed by atoms with van der Waals surface area (Å²) in [5, 5.41) is 3.26. The Kier molecular flexibility index (Phi) is 6.68. The molecule has 2 aliphatic rings. The van der Waals surface area contributed by atoms with E-state index in [0.717, 1.165) is 19.5 Å². The molecule has 0 amide bonds. The smallest absolute Gasteiger partial charge is 0.188 e. The van der Waals surface area contributed by atoms with Crippen LogP contribution in [0.25, 0.3) is 0 Å². The van der Waals surface area contributed by atoms with Gasteiger partial charge in [0.2, 0.25) is 0 Å². The standard InChI is InChI=1S/C16H32N4S/c1-14(2)5-8-18-15(17)19-13-16(6-3-4-7-16)20-9-11-21-12-10-20/h14H,3-13H2,1-2H3,(H3,17,18,19). The molecule has 1 aliphatic carbocycles. The first-order chi connectivity index (χ1) is 10.1. The number of hydrogen-bond acceptors (Lipinski definition) is 3. The van der Waals surface area contributed by atoms with E-state index < -0.39 is 0 Å². The van der Waals surface area contributed by atoms with E-state index in [2.05, 4.69) is 40.8 Å². The molecular weight excluding hydrogens is 280 g/mol. The molecule has 2 rings (SSSR count). The minimum absolute atomic E-state index is 0.297. The molecule has 5 heteroatoms. The number of nitrogens with one attached hydrogen (secondary N) is 1. The molecule has 1 aliphatic heterocycles. The number of nitrogens with two attached hydrogens (primary N) is 1. The molecule has 0 unspecified atom stereocenters. The molecule has 1 heterocycles. The van der Waals surface area contributed by atoms with E-state index in [4.69, 9.17) is 5.73 Å². The quantitative estimate of drug-likeness (QED) is 0.584. The monoisotopic (exact) mass is 312 g/mol. The van der Waals surface area contributed by atoms with Gasteiger partial charge in [-0.2, -0.15) is 11.8 Å². The minimum Gasteiger partial charge on any atom is -0.370 e. The van der Waals surface area contributed by atoms with Gasteiger partial charge in [-0.3, -0.25) is 9.89 Å². The van der Waals surface area contributed by atoms with E-state index in [1.54, 1.807) is 0 Å². The summed E-state index contributed by atoms with van der Waals surface area (Å²) >= 11 is 2.08. The lowest BCUT2D eigenvalue weighted by molar-refractivity contribution is 0.112. The van der Waals surface area contributed by atoms with Crippen molar-refractivity contribution in [2.75, 3.05) is 37.7 Å². The van der Waals surface area contributed by atoms with Crippen LogP contribution in [-0.2, 0) is 0 Å². The Balaban J connectivity index is 1.87. The second-order valence-electron chi connectivity index (χ2n) is 6.84. The lowest BCUT2D eigenvalue weighted by Gasteiger charge is -2.42. The van der Waals surface area contributed by atoms with Crippen LogP contribution in [0, 0.1) is 5.92 Å². The molecule has 4 nitrogen and oxygen atoms in total. The van der Waals surface area contributed by atoms with Gasteiger partial charge in [-0.15, -0.1) is 0 Å². The average Bonchev–Trinajstić information content (AvgIpc) is 2.96. The number of aliphatic imine (C=N–C) groups is 1. The Bertz CT molecular complexity index is 331. The van der Waals surface area contributed by atoms with Gasteiger partial charge < -0.3 is 11.1 Å². The molecule has 1 saturated heterocycles. The summed E-state index contributed by atoms with van der Waals surface area (Å²) in [6.45, 7) is 8.72. The molecule has 21 heavy (non-hydrogen) atoms. The first kappa shape index (κ1) is 16.9. The fraction of sp³-hybridized carbons (Fsp3) is 0.938. The van der Waals surface area contributed by atoms with Crippen LogP contribution in [0.5, 0.6) is 0 Å². The van der Waals surface area contributed by atoms with Crippen molar-refractivity contribution in [2.24, 2.45) is 16.6 Å². The summed E-state index contributed by atoms with van der Waals surface area (Å²) < 4.78 is 0. The van der Waals surface area contributed by atoms with Crippen LogP contribution >= 0.6 is 11.8 Å². The van der Waals surface area contributed by atoms with Gasteiger partial charge in [0.15, 0.2) is 5.96 Å². The summed E-state index contributed by atoms with van der Waals surface area (Å²) in [6, 6.07) is 0. The van der Waals surface area contributed by atoms with Crippen LogP contribution in [0.1, 0.15) is 46.0 Å². The highest BCUT2D eigenvalue weighted by Crippen LogP contribution is 2.36. The Hall–Kier alpha value is -0.420. The maximum Gasteiger partial charge on any atom is 0.188 e. The summed E-state index contributed by atoms with van der Waals surface area (Å²) in [4.78, 5) is 7.38. The van der Waals surface area contributed by atoms with Gasteiger partial charge in [-0.25, -0.2) is 0 Å². The van der Waals surface area contributed by atoms with Crippen molar-refractivity contribution in [2.45, 2.75) is 51.5 Å². The van der Waals surface area contributed by atoms with Crippen LogP contribution in [0.15, 0.2) is 4.99 Å². The van der Waals surface area contributed by atoms with Gasteiger partial charge in [0.05, 0.1) is 6.54 Å². The van der Waals surface area contributed by atoms with Gasteiger partial charge in [0, 0.05) is 36.7 Å². The third-order valence-electron chi connectivity index (χ3n) is 4.79. The van der Waals surface area contributed by atoms with E-state index in [9.17, 15) is 0 Å². The Morgan fingerprint density at radius 3 is 2.57 bits per heavy atom. The van der Waals surface area contributed by atoms with E-state index in [1.807, 2.05) is 0 Å². The number of hydrogen-bond donors (Lipinski definition) is 2. The highest BCUT2D eigenvalue weighted by Gasteiger charge is 2.39. The van der Waals surface area contributed by atoms with Crippen LogP contribution in [0.2, 0.25) is 0 Å².